The maximum Gasteiger partial charge on any atom is 0.0667 e. The van der Waals surface area contributed by atoms with Crippen LogP contribution in [0, 0.1) is 0 Å². The zero-order valence-electron chi connectivity index (χ0n) is 75.4. The lowest BCUT2D eigenvalue weighted by Gasteiger charge is -2.31. The Bertz CT molecular complexity index is 5890. The second-order valence-corrected chi connectivity index (χ2v) is 13.5. The first-order valence-corrected chi connectivity index (χ1v) is 18.3. The molecule has 2 nitrogen and oxygen atoms in total. The van der Waals surface area contributed by atoms with Crippen LogP contribution in [0.1, 0.15) is 85.1 Å². The van der Waals surface area contributed by atoms with E-state index < -0.39 is 360 Å². The SMILES string of the molecule is [2H]c1c([2H])c([2H])c(-c2c([2H])c([2H])c(-c3c([2H])c([2H])c(-c4c(N(c5c([2H])c([2H])c([2H])c6c5-c5c([2H])c([2H])c([2H])c([2H])c5C6(C([2H])([2H])[2H])C([2H])([2H])[2H])c5c([2H])c([2H])c6c7c([2H])c([2H])c([2H])c([2H])c7n(-c7c([2H])c([2H])c([2H])c([2H])c7[2H])c6c5[2H])c([2H])c([2H])c5c([2H])c([2H])c([2H])c([2H])c45)c([2H])c3[2H])c([2H])c2[2H])c([2H])c1[2H]. The summed E-state index contributed by atoms with van der Waals surface area (Å²) in [6, 6.07) is -49.0. The van der Waals surface area contributed by atoms with Crippen LogP contribution in [0.25, 0.3) is 82.8 Å². The topological polar surface area (TPSA) is 8.17 Å². The number of anilines is 3. The fourth-order valence-corrected chi connectivity index (χ4v) is 7.33. The summed E-state index contributed by atoms with van der Waals surface area (Å²) < 4.78 is 410. The minimum Gasteiger partial charge on any atom is -0.309 e. The number of hydrogen-bond acceptors (Lipinski definition) is 1. The van der Waals surface area contributed by atoms with Crippen LogP contribution in [0.5, 0.6) is 0 Å². The highest BCUT2D eigenvalue weighted by Crippen LogP contribution is 2.55. The lowest BCUT2D eigenvalue weighted by molar-refractivity contribution is 0.660. The number of nitrogens with zero attached hydrogens (tertiary/aromatic N) is 2. The first-order chi connectivity index (χ1) is 49.3. The first-order valence-electron chi connectivity index (χ1n) is 40.3. The molecule has 0 radical (unpaired) electrons. The summed E-state index contributed by atoms with van der Waals surface area (Å²) in [5, 5.41) is -4.07. The van der Waals surface area contributed by atoms with Crippen molar-refractivity contribution in [2.45, 2.75) is 19.1 Å². The van der Waals surface area contributed by atoms with Gasteiger partial charge in [-0.15, -0.1) is 0 Å². The Morgan fingerprint density at radius 2 is 0.984 bits per heavy atom. The summed E-state index contributed by atoms with van der Waals surface area (Å²) in [4.78, 5) is 0.108. The average Bonchev–Trinajstić information content (AvgIpc) is 1.42. The largest absolute Gasteiger partial charge is 0.309 e. The first kappa shape index (κ1) is 13.3. The van der Waals surface area contributed by atoms with Gasteiger partial charge in [-0.3, -0.25) is 0 Å². The molecule has 0 atom stereocenters. The number of rotatable bonds is 7. The van der Waals surface area contributed by atoms with Crippen molar-refractivity contribution in [2.75, 3.05) is 4.90 Å². The van der Waals surface area contributed by atoms with Crippen LogP contribution in [0.2, 0.25) is 0 Å². The molecule has 0 saturated carbocycles. The third kappa shape index (κ3) is 5.94. The summed E-state index contributed by atoms with van der Waals surface area (Å²) in [5.41, 5.74) is -24.2. The van der Waals surface area contributed by atoms with E-state index in [0.717, 1.165) is 0 Å². The van der Waals surface area contributed by atoms with Crippen molar-refractivity contribution in [3.63, 3.8) is 0 Å². The Morgan fingerprint density at radius 1 is 0.413 bits per heavy atom. The second kappa shape index (κ2) is 14.6. The van der Waals surface area contributed by atoms with Gasteiger partial charge in [0.15, 0.2) is 0 Å². The summed E-state index contributed by atoms with van der Waals surface area (Å²) >= 11 is 0. The van der Waals surface area contributed by atoms with Gasteiger partial charge >= 0.3 is 0 Å². The molecule has 1 heterocycles. The lowest BCUT2D eigenvalue weighted by Crippen LogP contribution is -2.16. The van der Waals surface area contributed by atoms with Gasteiger partial charge in [-0.25, -0.2) is 0 Å². The number of hydrogen-bond donors (Lipinski definition) is 0. The molecule has 0 bridgehead atoms. The average molecular weight is 849 g/mol. The predicted molar refractivity (Wildman–Crippen MR) is 267 cm³/mol. The van der Waals surface area contributed by atoms with Gasteiger partial charge in [0.05, 0.1) is 74.5 Å². The minimum absolute atomic E-state index is 0.108. The zero-order chi connectivity index (χ0) is 80.1. The zero-order valence-corrected chi connectivity index (χ0v) is 31.4. The number of benzene rings is 10. The quantitative estimate of drug-likeness (QED) is 0.155. The normalized spacial score (nSPS) is 23.0. The lowest BCUT2D eigenvalue weighted by atomic mass is 9.82. The minimum atomic E-state index is -4.23. The molecule has 2 heteroatoms. The third-order valence-electron chi connectivity index (χ3n) is 10.0. The highest BCUT2D eigenvalue weighted by Gasteiger charge is 2.38. The van der Waals surface area contributed by atoms with Crippen molar-refractivity contribution >= 4 is 49.6 Å². The molecule has 1 aliphatic carbocycles. The van der Waals surface area contributed by atoms with Gasteiger partial charge in [0, 0.05) is 46.9 Å². The van der Waals surface area contributed by atoms with Gasteiger partial charge in [-0.1, -0.05) is 201 Å². The molecule has 0 N–H and O–H groups in total. The van der Waals surface area contributed by atoms with Crippen molar-refractivity contribution in [1.29, 1.82) is 0 Å². The van der Waals surface area contributed by atoms with Crippen molar-refractivity contribution in [3.05, 3.63) is 241 Å². The van der Waals surface area contributed by atoms with E-state index in [-0.39, 0.29) is 4.90 Å². The molecule has 0 unspecified atom stereocenters. The Labute approximate surface area is 430 Å². The molecule has 0 spiro atoms. The Hall–Kier alpha value is -7.94. The standard InChI is InChI=1S/C61H44N2/c1-61(2)53-24-13-11-23-52(53)60-54(61)25-15-27-56(60)63(48-37-38-51-50-22-12-14-26-55(50)62(58(51)40-48)47-19-7-4-8-20-47)57-39-36-45-18-9-10-21-49(45)59(57)46-34-32-44(33-35-46)43-30-28-42(29-31-43)41-16-5-3-6-17-41/h3-40H,1-2H3/i1D3,2D3,3D,4D,5D,6D,7D,8D,9D,10D,11D,12D,13D,14D,15D,16D,17D,18D,19D,20D,21D,22D,23D,24D,25D,26D,27D,28D,29D,30D,31D,32D,33D,34D,35D,36D,37D,38D,39D,40D. The molecule has 63 heavy (non-hydrogen) atoms. The van der Waals surface area contributed by atoms with Crippen LogP contribution >= 0.6 is 0 Å². The van der Waals surface area contributed by atoms with Gasteiger partial charge in [0.1, 0.15) is 0 Å². The van der Waals surface area contributed by atoms with E-state index in [1.165, 1.54) is 0 Å². The van der Waals surface area contributed by atoms with Crippen molar-refractivity contribution in [3.8, 4) is 50.2 Å². The molecule has 1 aliphatic rings. The molecule has 0 saturated heterocycles. The van der Waals surface area contributed by atoms with Gasteiger partial charge in [0.2, 0.25) is 0 Å². The van der Waals surface area contributed by atoms with Crippen LogP contribution in [0.15, 0.2) is 230 Å². The summed E-state index contributed by atoms with van der Waals surface area (Å²) in [7, 11) is 0. The van der Waals surface area contributed by atoms with Crippen LogP contribution in [-0.2, 0) is 5.41 Å². The number of aromatic nitrogens is 1. The molecule has 0 amide bonds. The van der Waals surface area contributed by atoms with E-state index in [9.17, 15) is 38.4 Å². The van der Waals surface area contributed by atoms with Gasteiger partial charge < -0.3 is 9.47 Å². The van der Waals surface area contributed by atoms with E-state index in [4.69, 9.17) is 21.9 Å². The molecular weight excluding hydrogens is 761 g/mol. The van der Waals surface area contributed by atoms with E-state index in [1.807, 2.05) is 0 Å². The fraction of sp³-hybridized carbons (Fsp3) is 0.0492. The van der Waals surface area contributed by atoms with Crippen molar-refractivity contribution < 1.29 is 60.3 Å². The third-order valence-corrected chi connectivity index (χ3v) is 10.0. The molecule has 298 valence electrons. The van der Waals surface area contributed by atoms with Crippen LogP contribution in [0.3, 0.4) is 0 Å². The van der Waals surface area contributed by atoms with E-state index in [2.05, 4.69) is 0 Å². The van der Waals surface area contributed by atoms with Crippen molar-refractivity contribution in [1.82, 2.24) is 4.57 Å². The number of para-hydroxylation sites is 2. The molecule has 0 aliphatic heterocycles. The Kier molecular flexibility index (Phi) is 3.08. The monoisotopic (exact) mass is 849 g/mol. The maximum atomic E-state index is 10.7. The van der Waals surface area contributed by atoms with Crippen LogP contribution in [-0.4, -0.2) is 4.57 Å². The highest BCUT2D eigenvalue weighted by atomic mass is 15.2. The maximum absolute atomic E-state index is 10.7. The second-order valence-electron chi connectivity index (χ2n) is 13.5. The fourth-order valence-electron chi connectivity index (χ4n) is 7.33. The van der Waals surface area contributed by atoms with Gasteiger partial charge in [0.25, 0.3) is 0 Å². The summed E-state index contributed by atoms with van der Waals surface area (Å²) in [5.74, 6) is 0. The van der Waals surface area contributed by atoms with E-state index in [1.54, 1.807) is 0 Å². The van der Waals surface area contributed by atoms with Crippen LogP contribution < -0.4 is 4.90 Å². The molecule has 10 aromatic carbocycles. The highest BCUT2D eigenvalue weighted by molar-refractivity contribution is 6.12. The van der Waals surface area contributed by atoms with Gasteiger partial charge in [-0.2, -0.15) is 0 Å². The predicted octanol–water partition coefficient (Wildman–Crippen LogP) is 16.7. The summed E-state index contributed by atoms with van der Waals surface area (Å²) in [6.07, 6.45) is 0. The molecule has 11 aromatic rings. The molecule has 0 fully saturated rings. The van der Waals surface area contributed by atoms with E-state index in [0.29, 0.717) is 4.57 Å². The van der Waals surface area contributed by atoms with E-state index >= 15 is 0 Å². The molecule has 12 rings (SSSR count). The van der Waals surface area contributed by atoms with Crippen LogP contribution in [0.4, 0.5) is 17.1 Å². The summed E-state index contributed by atoms with van der Waals surface area (Å²) in [6.45, 7) is -8.47. The molecule has 1 aromatic heterocycles. The Morgan fingerprint density at radius 3 is 1.73 bits per heavy atom. The smallest absolute Gasteiger partial charge is 0.0667 e. The number of fused-ring (bicyclic) bond motifs is 7. The molecular formula is C61H44N2. The Balaban J connectivity index is 1.41. The van der Waals surface area contributed by atoms with Gasteiger partial charge in [-0.05, 0) is 97.6 Å². The van der Waals surface area contributed by atoms with Crippen molar-refractivity contribution in [2.24, 2.45) is 0 Å².